The molecule has 78 heavy (non-hydrogen) atoms. The topological polar surface area (TPSA) is 295 Å². The average molecular weight is 1310 g/mol. The Bertz CT molecular complexity index is 1770. The van der Waals surface area contributed by atoms with E-state index in [2.05, 4.69) is 134 Å². The molecule has 0 bridgehead atoms. The molecule has 0 atom stereocenters. The molecule has 20 nitrogen and oxygen atoms in total. The summed E-state index contributed by atoms with van der Waals surface area (Å²) in [5.41, 5.74) is 5.38. The number of thiocarbonyl (C=S) groups is 2. The van der Waals surface area contributed by atoms with E-state index in [4.69, 9.17) is 50.4 Å². The first-order chi connectivity index (χ1) is 34.5. The van der Waals surface area contributed by atoms with Gasteiger partial charge in [-0.3, -0.25) is 9.98 Å². The third kappa shape index (κ3) is 74.7. The van der Waals surface area contributed by atoms with E-state index in [1.54, 1.807) is 12.4 Å². The number of aliphatic imine (C=N–C) groups is 2. The van der Waals surface area contributed by atoms with Crippen molar-refractivity contribution in [3.05, 3.63) is 68.5 Å². The number of carboxylic acid groups (broad SMARTS) is 4. The average Bonchev–Trinajstić information content (AvgIpc) is 3.27. The first-order valence-electron chi connectivity index (χ1n) is 23.9. The molecule has 0 aromatic heterocycles. The molecule has 0 amide bonds. The number of benzene rings is 2. The molecular formula is C52H86N10Ni4O10S2+2. The molecule has 0 unspecified atom stereocenters. The molecule has 0 heterocycles. The van der Waals surface area contributed by atoms with Crippen LogP contribution in [0.2, 0.25) is 0 Å². The van der Waals surface area contributed by atoms with E-state index < -0.39 is 23.9 Å². The van der Waals surface area contributed by atoms with Crippen LogP contribution in [-0.4, -0.2) is 197 Å². The van der Waals surface area contributed by atoms with Gasteiger partial charge in [0.2, 0.25) is 0 Å². The summed E-state index contributed by atoms with van der Waals surface area (Å²) in [5, 5.41) is 78.0. The maximum Gasteiger partial charge on any atom is 3.00 e. The van der Waals surface area contributed by atoms with Crippen molar-refractivity contribution in [2.24, 2.45) is 9.98 Å². The normalized spacial score (nSPS) is 9.62. The number of aliphatic carboxylic acids is 4. The molecular weight excluding hydrogens is 1220 g/mol. The summed E-state index contributed by atoms with van der Waals surface area (Å²) < 4.78 is 0. The van der Waals surface area contributed by atoms with Crippen molar-refractivity contribution in [2.45, 2.75) is 95.2 Å². The fourth-order valence-corrected chi connectivity index (χ4v) is 5.91. The SMILES string of the molecule is CC(=O)[O-].CC(=O)[O-].CC(=O)[O-].CC(=O)[O-].CCN(CC)CCN(C)Cc1cc(C)cc(C=NCCCN(C)C)c1[O-].CCN(CC)CCN(C)Cc1cc(C)cc(C=NCCCN(C)C)c1[O-].[N-]=C=S.[N-]=C=S.[Ni+2].[Ni+2].[Ni+3].[Ni+3]. The summed E-state index contributed by atoms with van der Waals surface area (Å²) in [6.45, 7) is 29.9. The monoisotopic (exact) mass is 1310 g/mol. The molecule has 454 valence electrons. The molecule has 0 aliphatic rings. The van der Waals surface area contributed by atoms with Gasteiger partial charge >= 0.3 is 66.0 Å². The zero-order valence-corrected chi connectivity index (χ0v) is 54.0. The van der Waals surface area contributed by atoms with E-state index in [1.807, 2.05) is 38.1 Å². The number of hydrogen-bond donors (Lipinski definition) is 0. The molecule has 2 aromatic rings. The van der Waals surface area contributed by atoms with Crippen LogP contribution in [-0.2, 0) is 98.2 Å². The van der Waals surface area contributed by atoms with E-state index in [-0.39, 0.29) is 77.5 Å². The molecule has 0 fully saturated rings. The summed E-state index contributed by atoms with van der Waals surface area (Å²) >= 11 is 7.40. The summed E-state index contributed by atoms with van der Waals surface area (Å²) in [5.74, 6) is -4.11. The van der Waals surface area contributed by atoms with Crippen molar-refractivity contribution in [2.75, 3.05) is 121 Å². The van der Waals surface area contributed by atoms with Crippen LogP contribution in [0.4, 0.5) is 0 Å². The zero-order chi connectivity index (χ0) is 58.8. The Balaban J connectivity index is -0.000000103. The van der Waals surface area contributed by atoms with Gasteiger partial charge in [-0.05, 0) is 158 Å². The largest absolute Gasteiger partial charge is 3.00 e. The van der Waals surface area contributed by atoms with Gasteiger partial charge < -0.3 is 90.0 Å². The van der Waals surface area contributed by atoms with Gasteiger partial charge in [-0.1, -0.05) is 99.0 Å². The van der Waals surface area contributed by atoms with Crippen molar-refractivity contribution in [1.29, 1.82) is 0 Å². The number of carbonyl (C=O) groups excluding carboxylic acids is 4. The van der Waals surface area contributed by atoms with Crippen LogP contribution in [0.15, 0.2) is 34.3 Å². The molecule has 0 saturated heterocycles. The number of hydrogen-bond acceptors (Lipinski definition) is 20. The Hall–Kier alpha value is -3.41. The number of aryl methyl sites for hydroxylation is 2. The Labute approximate surface area is 518 Å². The van der Waals surface area contributed by atoms with Crippen LogP contribution in [0.5, 0.6) is 11.5 Å². The number of likely N-dealkylation sites (N-methyl/N-ethyl adjacent to an activating group) is 4. The Morgan fingerprint density at radius 1 is 0.526 bits per heavy atom. The van der Waals surface area contributed by atoms with Crippen LogP contribution in [0.3, 0.4) is 0 Å². The summed E-state index contributed by atoms with van der Waals surface area (Å²) in [6.07, 6.45) is 5.52. The van der Waals surface area contributed by atoms with E-state index in [0.29, 0.717) is 24.2 Å². The van der Waals surface area contributed by atoms with Crippen LogP contribution in [0.25, 0.3) is 10.8 Å². The number of carboxylic acids is 4. The summed E-state index contributed by atoms with van der Waals surface area (Å²) in [7, 11) is 12.4. The van der Waals surface area contributed by atoms with Crippen LogP contribution in [0, 0.1) is 13.8 Å². The van der Waals surface area contributed by atoms with Gasteiger partial charge in [-0.15, -0.1) is 0 Å². The van der Waals surface area contributed by atoms with Gasteiger partial charge in [0.15, 0.2) is 0 Å². The van der Waals surface area contributed by atoms with Gasteiger partial charge in [0.25, 0.3) is 0 Å². The molecule has 2 aromatic carbocycles. The molecule has 0 aliphatic heterocycles. The molecule has 0 aliphatic carbocycles. The van der Waals surface area contributed by atoms with E-state index in [0.717, 1.165) is 141 Å². The minimum absolute atomic E-state index is 0. The quantitative estimate of drug-likeness (QED) is 0.0606. The van der Waals surface area contributed by atoms with Gasteiger partial charge in [-0.2, -0.15) is 10.3 Å². The number of isothiocyanates is 2. The fourth-order valence-electron chi connectivity index (χ4n) is 5.91. The molecule has 2 rings (SSSR count). The molecule has 0 saturated carbocycles. The second kappa shape index (κ2) is 66.1. The standard InChI is InChI=1S/2C21H38N4O.4C2H4O2.2CNS.4Ni/c2*1-7-25(8-2)13-12-24(6)17-20-15-18(3)14-19(21(20)26)16-22-10-9-11-23(4)5;4*1-2(3)4;2*2-1-3;;;;/h2*14-16,26H,7-13,17H2,1-6H3;4*1H3,(H,3,4);;;;;;/q;;;;;;2*-1;2*+2;2*+3/p-6. The van der Waals surface area contributed by atoms with Crippen molar-refractivity contribution >= 4 is 71.1 Å². The number of rotatable bonds is 24. The Kier molecular flexibility index (Phi) is 82.1. The summed E-state index contributed by atoms with van der Waals surface area (Å²) in [4.78, 5) is 58.0. The number of nitrogens with zero attached hydrogens (tertiary/aromatic N) is 10. The first kappa shape index (κ1) is 96.8. The molecule has 2 radical (unpaired) electrons. The maximum absolute atomic E-state index is 12.7. The number of carbonyl (C=O) groups is 4. The maximum atomic E-state index is 12.7. The zero-order valence-electron chi connectivity index (χ0n) is 48.4. The second-order valence-corrected chi connectivity index (χ2v) is 17.1. The van der Waals surface area contributed by atoms with Gasteiger partial charge in [-0.25, -0.2) is 0 Å². The second-order valence-electron chi connectivity index (χ2n) is 16.7. The van der Waals surface area contributed by atoms with E-state index in [1.165, 1.54) is 10.3 Å². The summed E-state index contributed by atoms with van der Waals surface area (Å²) in [6, 6.07) is 7.91. The minimum Gasteiger partial charge on any atom is -0.872 e. The first-order valence-corrected chi connectivity index (χ1v) is 24.8. The van der Waals surface area contributed by atoms with Crippen LogP contribution >= 0.6 is 24.4 Å². The van der Waals surface area contributed by atoms with Crippen LogP contribution < -0.4 is 30.6 Å². The van der Waals surface area contributed by atoms with Crippen LogP contribution in [0.1, 0.15) is 102 Å². The van der Waals surface area contributed by atoms with Gasteiger partial charge in [0.05, 0.1) is 0 Å². The van der Waals surface area contributed by atoms with Gasteiger partial charge in [0, 0.05) is 88.7 Å². The minimum atomic E-state index is -1.08. The van der Waals surface area contributed by atoms with Crippen molar-refractivity contribution in [1.82, 2.24) is 29.4 Å². The van der Waals surface area contributed by atoms with E-state index >= 15 is 0 Å². The van der Waals surface area contributed by atoms with Crippen molar-refractivity contribution in [3.63, 3.8) is 0 Å². The van der Waals surface area contributed by atoms with Crippen molar-refractivity contribution < 1.29 is 116 Å². The van der Waals surface area contributed by atoms with Crippen molar-refractivity contribution in [3.8, 4) is 11.5 Å². The van der Waals surface area contributed by atoms with E-state index in [9.17, 15) is 10.2 Å². The van der Waals surface area contributed by atoms with Gasteiger partial charge in [0.1, 0.15) is 0 Å². The third-order valence-corrected chi connectivity index (χ3v) is 9.19. The smallest absolute Gasteiger partial charge is 0.872 e. The molecule has 0 N–H and O–H groups in total. The Morgan fingerprint density at radius 3 is 0.962 bits per heavy atom. The Morgan fingerprint density at radius 2 is 0.756 bits per heavy atom. The molecule has 26 heteroatoms. The predicted octanol–water partition coefficient (Wildman–Crippen LogP) is 0.758. The third-order valence-electron chi connectivity index (χ3n) is 9.19. The predicted molar refractivity (Wildman–Crippen MR) is 295 cm³/mol. The molecule has 0 spiro atoms. The fraction of sp³-hybridized carbons (Fsp3) is 0.615.